The van der Waals surface area contributed by atoms with E-state index in [9.17, 15) is 15.0 Å². The van der Waals surface area contributed by atoms with E-state index in [1.165, 1.54) is 19.8 Å². The van der Waals surface area contributed by atoms with Gasteiger partial charge < -0.3 is 24.8 Å². The molecule has 3 N–H and O–H groups in total. The molecular formula is C24H38O6. The second-order valence-electron chi connectivity index (χ2n) is 8.18. The Morgan fingerprint density at radius 3 is 2.33 bits per heavy atom. The minimum Gasteiger partial charge on any atom is -0.494 e. The highest BCUT2D eigenvalue weighted by molar-refractivity contribution is 5.97. The van der Waals surface area contributed by atoms with Crippen LogP contribution >= 0.6 is 0 Å². The minimum atomic E-state index is -0.874. The summed E-state index contributed by atoms with van der Waals surface area (Å²) < 4.78 is 10.4. The number of rotatable bonds is 11. The summed E-state index contributed by atoms with van der Waals surface area (Å²) in [5.41, 5.74) is 3.04. The topological polar surface area (TPSA) is 96.2 Å². The normalized spacial score (nSPS) is 24.9. The number of methoxy groups -OCH3 is 2. The first-order chi connectivity index (χ1) is 14.2. The summed E-state index contributed by atoms with van der Waals surface area (Å²) in [6, 6.07) is 0. The molecule has 1 aliphatic carbocycles. The van der Waals surface area contributed by atoms with Crippen molar-refractivity contribution in [3.8, 4) is 0 Å². The SMILES string of the molecule is COC1=C(OC)[C@H](O)[C@H](CC=C(C)CCC=C(C)C[C@H](O)C=C(C)CO)[C@@H](C)C1=O. The largest absolute Gasteiger partial charge is 0.494 e. The fourth-order valence-corrected chi connectivity index (χ4v) is 3.71. The number of ether oxygens (including phenoxy) is 2. The fourth-order valence-electron chi connectivity index (χ4n) is 3.71. The van der Waals surface area contributed by atoms with Crippen LogP contribution in [0.1, 0.15) is 53.4 Å². The van der Waals surface area contributed by atoms with Gasteiger partial charge in [0.05, 0.1) is 26.9 Å². The lowest BCUT2D eigenvalue weighted by Gasteiger charge is -2.33. The van der Waals surface area contributed by atoms with Crippen molar-refractivity contribution in [1.82, 2.24) is 0 Å². The van der Waals surface area contributed by atoms with Crippen LogP contribution < -0.4 is 0 Å². The first-order valence-corrected chi connectivity index (χ1v) is 10.5. The molecule has 0 spiro atoms. The van der Waals surface area contributed by atoms with Crippen LogP contribution in [0.4, 0.5) is 0 Å². The van der Waals surface area contributed by atoms with Gasteiger partial charge in [-0.1, -0.05) is 36.3 Å². The van der Waals surface area contributed by atoms with Crippen LogP contribution in [0.3, 0.4) is 0 Å². The van der Waals surface area contributed by atoms with Crippen molar-refractivity contribution in [2.75, 3.05) is 20.8 Å². The summed E-state index contributed by atoms with van der Waals surface area (Å²) >= 11 is 0. The molecule has 30 heavy (non-hydrogen) atoms. The minimum absolute atomic E-state index is 0.0435. The highest BCUT2D eigenvalue weighted by atomic mass is 16.5. The standard InChI is InChI=1S/C24H38O6/c1-15(8-7-9-16(2)12-19(26)13-17(3)14-25)10-11-20-18(4)21(27)23(29-5)24(30-6)22(20)28/h9-10,13,18-20,22,25-26,28H,7-8,11-12,14H2,1-6H3/t18-,19+,20-,22-/m1/s1. The molecule has 4 atom stereocenters. The molecule has 0 aliphatic heterocycles. The van der Waals surface area contributed by atoms with Crippen LogP contribution in [-0.2, 0) is 14.3 Å². The van der Waals surface area contributed by atoms with Gasteiger partial charge in [0.2, 0.25) is 11.5 Å². The molecule has 170 valence electrons. The molecule has 0 fully saturated rings. The van der Waals surface area contributed by atoms with Crippen molar-refractivity contribution in [3.05, 3.63) is 46.5 Å². The molecule has 0 unspecified atom stereocenters. The quantitative estimate of drug-likeness (QED) is 0.442. The average Bonchev–Trinajstić information content (AvgIpc) is 2.69. The molecule has 0 radical (unpaired) electrons. The van der Waals surface area contributed by atoms with Crippen LogP contribution in [-0.4, -0.2) is 54.1 Å². The predicted molar refractivity (Wildman–Crippen MR) is 118 cm³/mol. The number of ketones is 1. The van der Waals surface area contributed by atoms with Crippen molar-refractivity contribution in [1.29, 1.82) is 0 Å². The second kappa shape index (κ2) is 12.7. The average molecular weight is 423 g/mol. The lowest BCUT2D eigenvalue weighted by molar-refractivity contribution is -0.128. The van der Waals surface area contributed by atoms with Crippen LogP contribution in [0.2, 0.25) is 0 Å². The Balaban J connectivity index is 2.65. The van der Waals surface area contributed by atoms with Gasteiger partial charge >= 0.3 is 0 Å². The lowest BCUT2D eigenvalue weighted by atomic mass is 9.77. The Bertz CT molecular complexity index is 700. The van der Waals surface area contributed by atoms with Gasteiger partial charge in [-0.25, -0.2) is 0 Å². The maximum absolute atomic E-state index is 12.5. The summed E-state index contributed by atoms with van der Waals surface area (Å²) in [5, 5.41) is 29.7. The third-order valence-corrected chi connectivity index (χ3v) is 5.63. The van der Waals surface area contributed by atoms with Crippen molar-refractivity contribution in [2.24, 2.45) is 11.8 Å². The number of Topliss-reactive ketones (excluding diaryl/α,β-unsaturated/α-hetero) is 1. The number of hydrogen-bond acceptors (Lipinski definition) is 6. The predicted octanol–water partition coefficient (Wildman–Crippen LogP) is 3.44. The van der Waals surface area contributed by atoms with Crippen LogP contribution in [0, 0.1) is 11.8 Å². The number of allylic oxidation sites excluding steroid dienone is 4. The molecule has 6 heteroatoms. The van der Waals surface area contributed by atoms with Crippen LogP contribution in [0.5, 0.6) is 0 Å². The zero-order valence-corrected chi connectivity index (χ0v) is 19.1. The molecule has 0 bridgehead atoms. The van der Waals surface area contributed by atoms with Crippen molar-refractivity contribution in [2.45, 2.75) is 65.6 Å². The van der Waals surface area contributed by atoms with Crippen LogP contribution in [0.25, 0.3) is 0 Å². The summed E-state index contributed by atoms with van der Waals surface area (Å²) in [4.78, 5) is 12.5. The van der Waals surface area contributed by atoms with Gasteiger partial charge in [-0.3, -0.25) is 4.79 Å². The molecule has 0 aromatic heterocycles. The molecule has 1 aliphatic rings. The Labute approximate surface area is 180 Å². The van der Waals surface area contributed by atoms with E-state index in [2.05, 4.69) is 12.2 Å². The van der Waals surface area contributed by atoms with E-state index in [4.69, 9.17) is 14.6 Å². The Kier molecular flexibility index (Phi) is 11.1. The lowest BCUT2D eigenvalue weighted by Crippen LogP contribution is -2.40. The van der Waals surface area contributed by atoms with E-state index >= 15 is 0 Å². The summed E-state index contributed by atoms with van der Waals surface area (Å²) in [6.45, 7) is 7.59. The molecule has 0 aromatic rings. The van der Waals surface area contributed by atoms with Gasteiger partial charge in [0.1, 0.15) is 6.10 Å². The molecule has 0 heterocycles. The van der Waals surface area contributed by atoms with E-state index in [1.54, 1.807) is 13.0 Å². The third-order valence-electron chi connectivity index (χ3n) is 5.63. The van der Waals surface area contributed by atoms with Gasteiger partial charge in [0.15, 0.2) is 5.76 Å². The molecule has 0 amide bonds. The van der Waals surface area contributed by atoms with Gasteiger partial charge in [-0.15, -0.1) is 0 Å². The van der Waals surface area contributed by atoms with Gasteiger partial charge in [-0.2, -0.15) is 0 Å². The van der Waals surface area contributed by atoms with Gasteiger partial charge in [0.25, 0.3) is 0 Å². The van der Waals surface area contributed by atoms with E-state index in [1.807, 2.05) is 20.8 Å². The monoisotopic (exact) mass is 422 g/mol. The van der Waals surface area contributed by atoms with E-state index in [0.29, 0.717) is 12.8 Å². The highest BCUT2D eigenvalue weighted by Crippen LogP contribution is 2.35. The molecular weight excluding hydrogens is 384 g/mol. The Morgan fingerprint density at radius 1 is 1.10 bits per heavy atom. The summed E-state index contributed by atoms with van der Waals surface area (Å²) in [7, 11) is 2.85. The second-order valence-corrected chi connectivity index (χ2v) is 8.18. The first-order valence-electron chi connectivity index (χ1n) is 10.5. The van der Waals surface area contributed by atoms with Crippen molar-refractivity contribution >= 4 is 5.78 Å². The maximum Gasteiger partial charge on any atom is 0.204 e. The van der Waals surface area contributed by atoms with Gasteiger partial charge in [-0.05, 0) is 52.0 Å². The smallest absolute Gasteiger partial charge is 0.204 e. The number of carbonyl (C=O) groups excluding carboxylic acids is 1. The highest BCUT2D eigenvalue weighted by Gasteiger charge is 2.42. The maximum atomic E-state index is 12.5. The molecule has 6 nitrogen and oxygen atoms in total. The fraction of sp³-hybridized carbons (Fsp3) is 0.625. The number of hydrogen-bond donors (Lipinski definition) is 3. The van der Waals surface area contributed by atoms with E-state index in [-0.39, 0.29) is 35.7 Å². The number of aliphatic hydroxyl groups excluding tert-OH is 3. The number of carbonyl (C=O) groups is 1. The number of aliphatic hydroxyl groups is 3. The Hall–Kier alpha value is -1.89. The summed E-state index contributed by atoms with van der Waals surface area (Å²) in [5.74, 6) is -0.425. The zero-order chi connectivity index (χ0) is 22.8. The molecule has 0 saturated carbocycles. The van der Waals surface area contributed by atoms with Crippen molar-refractivity contribution < 1.29 is 29.6 Å². The molecule has 1 rings (SSSR count). The third kappa shape index (κ3) is 7.42. The molecule has 0 saturated heterocycles. The first kappa shape index (κ1) is 26.1. The van der Waals surface area contributed by atoms with Crippen molar-refractivity contribution in [3.63, 3.8) is 0 Å². The van der Waals surface area contributed by atoms with E-state index in [0.717, 1.165) is 24.0 Å². The molecule has 0 aromatic carbocycles. The van der Waals surface area contributed by atoms with Crippen LogP contribution in [0.15, 0.2) is 46.5 Å². The Morgan fingerprint density at radius 2 is 1.77 bits per heavy atom. The summed E-state index contributed by atoms with van der Waals surface area (Å²) in [6.07, 6.45) is 7.24. The zero-order valence-electron chi connectivity index (χ0n) is 19.1. The van der Waals surface area contributed by atoms with E-state index < -0.39 is 12.2 Å². The van der Waals surface area contributed by atoms with Gasteiger partial charge in [0, 0.05) is 11.8 Å².